The van der Waals surface area contributed by atoms with Gasteiger partial charge in [0.15, 0.2) is 0 Å². The van der Waals surface area contributed by atoms with Crippen LogP contribution in [0.4, 0.5) is 0 Å². The molecule has 0 heterocycles. The molecule has 1 N–H and O–H groups in total. The zero-order valence-corrected chi connectivity index (χ0v) is 11.5. The second-order valence-corrected chi connectivity index (χ2v) is 4.68. The Labute approximate surface area is 119 Å². The predicted octanol–water partition coefficient (Wildman–Crippen LogP) is 4.49. The van der Waals surface area contributed by atoms with E-state index in [1.54, 1.807) is 0 Å². The molecule has 2 aromatic rings. The Balaban J connectivity index is 2.24. The summed E-state index contributed by atoms with van der Waals surface area (Å²) in [4.78, 5) is 11.3. The van der Waals surface area contributed by atoms with Gasteiger partial charge in [-0.05, 0) is 30.0 Å². The van der Waals surface area contributed by atoms with Crippen molar-refractivity contribution in [1.29, 1.82) is 0 Å². The predicted molar refractivity (Wildman–Crippen MR) is 81.7 cm³/mol. The van der Waals surface area contributed by atoms with Crippen LogP contribution in [0.25, 0.3) is 11.1 Å². The summed E-state index contributed by atoms with van der Waals surface area (Å²) in [5.74, 6) is -1.26. The number of rotatable bonds is 5. The summed E-state index contributed by atoms with van der Waals surface area (Å²) in [6.07, 6.45) is 4.30. The average molecular weight is 266 g/mol. The van der Waals surface area contributed by atoms with Crippen molar-refractivity contribution in [2.45, 2.75) is 19.3 Å². The van der Waals surface area contributed by atoms with Crippen molar-refractivity contribution in [2.75, 3.05) is 0 Å². The molecule has 1 atom stereocenters. The molecule has 2 aromatic carbocycles. The average Bonchev–Trinajstić information content (AvgIpc) is 2.49. The van der Waals surface area contributed by atoms with Crippen molar-refractivity contribution in [1.82, 2.24) is 0 Å². The molecular weight excluding hydrogens is 248 g/mol. The summed E-state index contributed by atoms with van der Waals surface area (Å²) in [5.41, 5.74) is 3.08. The van der Waals surface area contributed by atoms with Crippen molar-refractivity contribution < 1.29 is 9.90 Å². The second-order valence-electron chi connectivity index (χ2n) is 4.68. The summed E-state index contributed by atoms with van der Waals surface area (Å²) in [6.45, 7) is 1.90. The van der Waals surface area contributed by atoms with Gasteiger partial charge in [0.25, 0.3) is 0 Å². The number of hydrogen-bond donors (Lipinski definition) is 1. The molecule has 20 heavy (non-hydrogen) atoms. The van der Waals surface area contributed by atoms with E-state index in [4.69, 9.17) is 0 Å². The minimum absolute atomic E-state index is 0.476. The van der Waals surface area contributed by atoms with Crippen LogP contribution in [0.1, 0.15) is 24.8 Å². The Hall–Kier alpha value is -2.35. The zero-order valence-electron chi connectivity index (χ0n) is 11.5. The van der Waals surface area contributed by atoms with E-state index in [1.165, 1.54) is 0 Å². The highest BCUT2D eigenvalue weighted by Crippen LogP contribution is 2.25. The largest absolute Gasteiger partial charge is 0.481 e. The molecule has 0 amide bonds. The van der Waals surface area contributed by atoms with E-state index >= 15 is 0 Å². The molecule has 2 heteroatoms. The van der Waals surface area contributed by atoms with Crippen LogP contribution in [0, 0.1) is 0 Å². The van der Waals surface area contributed by atoms with Crippen LogP contribution in [-0.4, -0.2) is 11.1 Å². The van der Waals surface area contributed by atoms with E-state index < -0.39 is 11.9 Å². The number of carboxylic acids is 1. The molecule has 0 aliphatic carbocycles. The number of benzene rings is 2. The van der Waals surface area contributed by atoms with Gasteiger partial charge in [0.2, 0.25) is 0 Å². The lowest BCUT2D eigenvalue weighted by atomic mass is 9.93. The van der Waals surface area contributed by atoms with Crippen molar-refractivity contribution in [3.63, 3.8) is 0 Å². The maximum Gasteiger partial charge on any atom is 0.311 e. The summed E-state index contributed by atoms with van der Waals surface area (Å²) in [6, 6.07) is 17.8. The molecule has 1 unspecified atom stereocenters. The van der Waals surface area contributed by atoms with Crippen LogP contribution in [0.5, 0.6) is 0 Å². The molecule has 2 rings (SSSR count). The topological polar surface area (TPSA) is 37.3 Å². The van der Waals surface area contributed by atoms with E-state index in [0.29, 0.717) is 6.42 Å². The van der Waals surface area contributed by atoms with Gasteiger partial charge in [-0.2, -0.15) is 0 Å². The third-order valence-electron chi connectivity index (χ3n) is 3.33. The molecule has 0 saturated heterocycles. The highest BCUT2D eigenvalue weighted by molar-refractivity contribution is 5.77. The van der Waals surface area contributed by atoms with Crippen molar-refractivity contribution in [3.8, 4) is 11.1 Å². The van der Waals surface area contributed by atoms with Gasteiger partial charge in [0.05, 0.1) is 5.92 Å². The Bertz CT molecular complexity index is 583. The molecular formula is C18H18O2. The SMILES string of the molecule is CC=CCC(C(=O)O)c1ccc(-c2ccccc2)cc1. The van der Waals surface area contributed by atoms with E-state index in [0.717, 1.165) is 16.7 Å². The Kier molecular flexibility index (Phi) is 4.72. The fraction of sp³-hybridized carbons (Fsp3) is 0.167. The summed E-state index contributed by atoms with van der Waals surface area (Å²) < 4.78 is 0. The summed E-state index contributed by atoms with van der Waals surface area (Å²) in [7, 11) is 0. The molecule has 0 aliphatic heterocycles. The van der Waals surface area contributed by atoms with Gasteiger partial charge in [0, 0.05) is 0 Å². The van der Waals surface area contributed by atoms with Gasteiger partial charge in [-0.1, -0.05) is 66.7 Å². The van der Waals surface area contributed by atoms with E-state index in [1.807, 2.05) is 73.7 Å². The molecule has 0 fully saturated rings. The summed E-state index contributed by atoms with van der Waals surface area (Å²) >= 11 is 0. The first-order valence-electron chi connectivity index (χ1n) is 6.71. The van der Waals surface area contributed by atoms with Gasteiger partial charge in [-0.15, -0.1) is 0 Å². The van der Waals surface area contributed by atoms with E-state index in [2.05, 4.69) is 0 Å². The van der Waals surface area contributed by atoms with Crippen LogP contribution >= 0.6 is 0 Å². The minimum atomic E-state index is -0.782. The Morgan fingerprint density at radius 3 is 2.20 bits per heavy atom. The number of aliphatic carboxylic acids is 1. The van der Waals surface area contributed by atoms with Crippen LogP contribution in [-0.2, 0) is 4.79 Å². The first-order chi connectivity index (χ1) is 9.72. The van der Waals surface area contributed by atoms with Crippen molar-refractivity contribution in [2.24, 2.45) is 0 Å². The van der Waals surface area contributed by atoms with E-state index in [-0.39, 0.29) is 0 Å². The molecule has 102 valence electrons. The minimum Gasteiger partial charge on any atom is -0.481 e. The molecule has 0 saturated carbocycles. The number of allylic oxidation sites excluding steroid dienone is 2. The van der Waals surface area contributed by atoms with Crippen LogP contribution in [0.2, 0.25) is 0 Å². The first-order valence-corrected chi connectivity index (χ1v) is 6.71. The fourth-order valence-electron chi connectivity index (χ4n) is 2.19. The third-order valence-corrected chi connectivity index (χ3v) is 3.33. The fourth-order valence-corrected chi connectivity index (χ4v) is 2.19. The van der Waals surface area contributed by atoms with Gasteiger partial charge < -0.3 is 5.11 Å². The van der Waals surface area contributed by atoms with Crippen LogP contribution in [0.15, 0.2) is 66.7 Å². The quantitative estimate of drug-likeness (QED) is 0.810. The van der Waals surface area contributed by atoms with Crippen molar-refractivity contribution >= 4 is 5.97 Å². The van der Waals surface area contributed by atoms with Gasteiger partial charge >= 0.3 is 5.97 Å². The van der Waals surface area contributed by atoms with Gasteiger partial charge in [-0.25, -0.2) is 0 Å². The smallest absolute Gasteiger partial charge is 0.311 e. The molecule has 0 aromatic heterocycles. The maximum atomic E-state index is 11.3. The molecule has 0 spiro atoms. The Morgan fingerprint density at radius 1 is 1.05 bits per heavy atom. The Morgan fingerprint density at radius 2 is 1.65 bits per heavy atom. The molecule has 0 radical (unpaired) electrons. The number of carboxylic acid groups (broad SMARTS) is 1. The highest BCUT2D eigenvalue weighted by atomic mass is 16.4. The number of carbonyl (C=O) groups is 1. The standard InChI is InChI=1S/C18H18O2/c1-2-3-9-17(18(19)20)16-12-10-15(11-13-16)14-7-5-4-6-8-14/h2-8,10-13,17H,9H2,1H3,(H,19,20). The zero-order chi connectivity index (χ0) is 14.4. The lowest BCUT2D eigenvalue weighted by Crippen LogP contribution is -2.10. The van der Waals surface area contributed by atoms with Crippen molar-refractivity contribution in [3.05, 3.63) is 72.3 Å². The lowest BCUT2D eigenvalue weighted by Gasteiger charge is -2.11. The third kappa shape index (κ3) is 3.35. The number of hydrogen-bond acceptors (Lipinski definition) is 1. The lowest BCUT2D eigenvalue weighted by molar-refractivity contribution is -0.138. The first kappa shape index (κ1) is 14.1. The molecule has 0 bridgehead atoms. The van der Waals surface area contributed by atoms with Gasteiger partial charge in [0.1, 0.15) is 0 Å². The molecule has 0 aliphatic rings. The van der Waals surface area contributed by atoms with Crippen LogP contribution < -0.4 is 0 Å². The van der Waals surface area contributed by atoms with E-state index in [9.17, 15) is 9.90 Å². The van der Waals surface area contributed by atoms with Gasteiger partial charge in [-0.3, -0.25) is 4.79 Å². The molecule has 2 nitrogen and oxygen atoms in total. The summed E-state index contributed by atoms with van der Waals surface area (Å²) in [5, 5.41) is 9.31. The normalized spacial score (nSPS) is 12.4. The second kappa shape index (κ2) is 6.71. The monoisotopic (exact) mass is 266 g/mol. The van der Waals surface area contributed by atoms with Crippen LogP contribution in [0.3, 0.4) is 0 Å². The highest BCUT2D eigenvalue weighted by Gasteiger charge is 2.17. The maximum absolute atomic E-state index is 11.3.